The van der Waals surface area contributed by atoms with E-state index in [1.807, 2.05) is 43.0 Å². The largest absolute Gasteiger partial charge is 0.491 e. The maximum atomic E-state index is 13.3. The van der Waals surface area contributed by atoms with Crippen LogP contribution in [0.3, 0.4) is 0 Å². The summed E-state index contributed by atoms with van der Waals surface area (Å²) in [6.45, 7) is 5.73. The number of nitrogens with zero attached hydrogens (tertiary/aromatic N) is 2. The average Bonchev–Trinajstić information content (AvgIpc) is 3.24. The Morgan fingerprint density at radius 2 is 2.07 bits per heavy atom. The van der Waals surface area contributed by atoms with Crippen molar-refractivity contribution in [3.8, 4) is 5.75 Å². The van der Waals surface area contributed by atoms with Crippen molar-refractivity contribution in [3.05, 3.63) is 51.7 Å². The van der Waals surface area contributed by atoms with Crippen molar-refractivity contribution in [2.45, 2.75) is 32.7 Å². The third-order valence-corrected chi connectivity index (χ3v) is 6.45. The number of amides is 2. The van der Waals surface area contributed by atoms with Crippen molar-refractivity contribution in [1.29, 1.82) is 0 Å². The third-order valence-electron chi connectivity index (χ3n) is 5.45. The predicted octanol–water partition coefficient (Wildman–Crippen LogP) is 3.45. The highest BCUT2D eigenvalue weighted by Crippen LogP contribution is 2.34. The Morgan fingerprint density at radius 3 is 2.80 bits per heavy atom. The lowest BCUT2D eigenvalue weighted by molar-refractivity contribution is -0.143. The van der Waals surface area contributed by atoms with Gasteiger partial charge in [0.05, 0.1) is 19.2 Å². The van der Waals surface area contributed by atoms with Crippen LogP contribution in [0.15, 0.2) is 35.7 Å². The number of benzene rings is 1. The highest BCUT2D eigenvalue weighted by molar-refractivity contribution is 7.10. The molecular formula is C23H30N2O4S. The van der Waals surface area contributed by atoms with Crippen molar-refractivity contribution in [2.75, 3.05) is 40.0 Å². The number of hydrogen-bond acceptors (Lipinski definition) is 5. The van der Waals surface area contributed by atoms with Crippen molar-refractivity contribution >= 4 is 23.2 Å². The zero-order chi connectivity index (χ0) is 21.5. The number of fused-ring (bicyclic) bond motifs is 1. The first-order valence-electron chi connectivity index (χ1n) is 10.4. The second-order valence-electron chi connectivity index (χ2n) is 7.39. The number of aryl methyl sites for hydroxylation is 1. The van der Waals surface area contributed by atoms with E-state index in [0.717, 1.165) is 23.3 Å². The van der Waals surface area contributed by atoms with Crippen LogP contribution < -0.4 is 4.74 Å². The topological polar surface area (TPSA) is 59.1 Å². The second kappa shape index (κ2) is 10.6. The molecule has 2 aromatic rings. The van der Waals surface area contributed by atoms with E-state index in [4.69, 9.17) is 9.47 Å². The smallest absolute Gasteiger partial charge is 0.242 e. The molecule has 1 aromatic carbocycles. The molecule has 1 aromatic heterocycles. The van der Waals surface area contributed by atoms with Gasteiger partial charge in [-0.15, -0.1) is 11.3 Å². The lowest BCUT2D eigenvalue weighted by atomic mass is 10.0. The normalized spacial score (nSPS) is 15.6. The number of ether oxygens (including phenoxy) is 2. The third kappa shape index (κ3) is 5.21. The predicted molar refractivity (Wildman–Crippen MR) is 118 cm³/mol. The van der Waals surface area contributed by atoms with Crippen LogP contribution in [0, 0.1) is 6.92 Å². The summed E-state index contributed by atoms with van der Waals surface area (Å²) in [6, 6.07) is 9.82. The van der Waals surface area contributed by atoms with E-state index in [-0.39, 0.29) is 24.4 Å². The fraction of sp³-hybridized carbons (Fsp3) is 0.478. The average molecular weight is 431 g/mol. The summed E-state index contributed by atoms with van der Waals surface area (Å²) in [4.78, 5) is 30.3. The maximum absolute atomic E-state index is 13.3. The number of carbonyl (C=O) groups is 2. The highest BCUT2D eigenvalue weighted by atomic mass is 32.1. The van der Waals surface area contributed by atoms with Crippen molar-refractivity contribution in [2.24, 2.45) is 0 Å². The Balaban J connectivity index is 1.76. The lowest BCUT2D eigenvalue weighted by Crippen LogP contribution is -2.48. The van der Waals surface area contributed by atoms with Crippen LogP contribution in [-0.2, 0) is 20.7 Å². The molecule has 3 rings (SSSR count). The highest BCUT2D eigenvalue weighted by Gasteiger charge is 2.33. The molecule has 0 radical (unpaired) electrons. The number of carbonyl (C=O) groups excluding carboxylic acids is 2. The molecule has 1 aliphatic heterocycles. The molecule has 2 amide bonds. The first-order valence-corrected chi connectivity index (χ1v) is 11.2. The van der Waals surface area contributed by atoms with Gasteiger partial charge in [-0.1, -0.05) is 25.1 Å². The van der Waals surface area contributed by atoms with Crippen LogP contribution in [0.2, 0.25) is 0 Å². The van der Waals surface area contributed by atoms with Crippen LogP contribution in [0.5, 0.6) is 5.75 Å². The van der Waals surface area contributed by atoms with Crippen molar-refractivity contribution < 1.29 is 19.1 Å². The fourth-order valence-corrected chi connectivity index (χ4v) is 4.66. The number of methoxy groups -OCH3 is 1. The molecule has 2 heterocycles. The Labute approximate surface area is 182 Å². The first kappa shape index (κ1) is 22.3. The van der Waals surface area contributed by atoms with E-state index in [0.29, 0.717) is 32.7 Å². The number of thiophene rings is 1. The van der Waals surface area contributed by atoms with Crippen molar-refractivity contribution in [1.82, 2.24) is 9.80 Å². The zero-order valence-corrected chi connectivity index (χ0v) is 18.7. The van der Waals surface area contributed by atoms with E-state index >= 15 is 0 Å². The summed E-state index contributed by atoms with van der Waals surface area (Å²) in [6.07, 6.45) is 1.20. The molecule has 30 heavy (non-hydrogen) atoms. The van der Waals surface area contributed by atoms with Gasteiger partial charge in [-0.3, -0.25) is 9.59 Å². The molecule has 1 unspecified atom stereocenters. The number of para-hydroxylation sites is 1. The molecule has 1 atom stereocenters. The lowest BCUT2D eigenvalue weighted by Gasteiger charge is -2.37. The summed E-state index contributed by atoms with van der Waals surface area (Å²) >= 11 is 1.73. The molecule has 0 N–H and O–H groups in total. The van der Waals surface area contributed by atoms with Gasteiger partial charge in [0.1, 0.15) is 12.4 Å². The Bertz CT molecular complexity index is 866. The molecule has 6 nitrogen and oxygen atoms in total. The molecule has 1 aliphatic rings. The summed E-state index contributed by atoms with van der Waals surface area (Å²) < 4.78 is 11.2. The van der Waals surface area contributed by atoms with E-state index in [1.54, 1.807) is 23.3 Å². The second-order valence-corrected chi connectivity index (χ2v) is 8.39. The summed E-state index contributed by atoms with van der Waals surface area (Å²) in [5, 5.41) is 2.07. The number of hydrogen-bond donors (Lipinski definition) is 0. The van der Waals surface area contributed by atoms with Gasteiger partial charge >= 0.3 is 0 Å². The molecule has 162 valence electrons. The van der Waals surface area contributed by atoms with E-state index in [9.17, 15) is 9.59 Å². The van der Waals surface area contributed by atoms with E-state index < -0.39 is 0 Å². The molecule has 0 fully saturated rings. The molecule has 0 saturated carbocycles. The zero-order valence-electron chi connectivity index (χ0n) is 17.9. The van der Waals surface area contributed by atoms with Crippen LogP contribution >= 0.6 is 11.3 Å². The Hall–Kier alpha value is -2.38. The SMILES string of the molecule is CCC(=O)N(CCOC)CC(=O)N1CCc2sccc2C1COc1ccccc1C. The van der Waals surface area contributed by atoms with Gasteiger partial charge in [-0.2, -0.15) is 0 Å². The standard InChI is InChI=1S/C23H30N2O4S/c1-4-22(26)24(12-13-28-3)15-23(27)25-11-9-21-18(10-14-30-21)19(25)16-29-20-8-6-5-7-17(20)2/h5-8,10,14,19H,4,9,11-13,15-16H2,1-3H3. The fourth-order valence-electron chi connectivity index (χ4n) is 3.73. The van der Waals surface area contributed by atoms with Crippen LogP contribution in [0.4, 0.5) is 0 Å². The minimum atomic E-state index is -0.159. The monoisotopic (exact) mass is 430 g/mol. The molecule has 7 heteroatoms. The van der Waals surface area contributed by atoms with Gasteiger partial charge < -0.3 is 19.3 Å². The van der Waals surface area contributed by atoms with E-state index in [2.05, 4.69) is 11.4 Å². The molecule has 0 spiro atoms. The van der Waals surface area contributed by atoms with Gasteiger partial charge in [0.25, 0.3) is 0 Å². The van der Waals surface area contributed by atoms with Crippen LogP contribution in [0.25, 0.3) is 0 Å². The van der Waals surface area contributed by atoms with Gasteiger partial charge in [-0.05, 0) is 42.0 Å². The maximum Gasteiger partial charge on any atom is 0.242 e. The Morgan fingerprint density at radius 1 is 1.27 bits per heavy atom. The van der Waals surface area contributed by atoms with Crippen molar-refractivity contribution in [3.63, 3.8) is 0 Å². The quantitative estimate of drug-likeness (QED) is 0.611. The van der Waals surface area contributed by atoms with Gasteiger partial charge in [0.15, 0.2) is 0 Å². The molecule has 0 bridgehead atoms. The minimum Gasteiger partial charge on any atom is -0.491 e. The number of rotatable bonds is 9. The van der Waals surface area contributed by atoms with Crippen LogP contribution in [-0.4, -0.2) is 61.6 Å². The van der Waals surface area contributed by atoms with Gasteiger partial charge in [-0.25, -0.2) is 0 Å². The molecule has 0 saturated heterocycles. The van der Waals surface area contributed by atoms with Crippen LogP contribution in [0.1, 0.15) is 35.4 Å². The van der Waals surface area contributed by atoms with E-state index in [1.165, 1.54) is 4.88 Å². The summed E-state index contributed by atoms with van der Waals surface area (Å²) in [7, 11) is 1.60. The Kier molecular flexibility index (Phi) is 7.87. The van der Waals surface area contributed by atoms with Gasteiger partial charge in [0, 0.05) is 31.5 Å². The minimum absolute atomic E-state index is 0.0404. The molecule has 0 aliphatic carbocycles. The first-order chi connectivity index (χ1) is 14.5. The molecular weight excluding hydrogens is 400 g/mol. The summed E-state index contributed by atoms with van der Waals surface area (Å²) in [5.41, 5.74) is 2.22. The summed E-state index contributed by atoms with van der Waals surface area (Å²) in [5.74, 6) is 0.736. The van der Waals surface area contributed by atoms with Gasteiger partial charge in [0.2, 0.25) is 11.8 Å².